The summed E-state index contributed by atoms with van der Waals surface area (Å²) in [5, 5.41) is 10.5. The minimum absolute atomic E-state index is 0.0933. The second-order valence-electron chi connectivity index (χ2n) is 5.98. The molecule has 1 heterocycles. The van der Waals surface area contributed by atoms with Gasteiger partial charge in [-0.3, -0.25) is 14.5 Å². The summed E-state index contributed by atoms with van der Waals surface area (Å²) in [6.45, 7) is 1.72. The number of carbonyl (C=O) groups is 3. The average Bonchev–Trinajstić information content (AvgIpc) is 2.91. The number of benzene rings is 2. The lowest BCUT2D eigenvalue weighted by Crippen LogP contribution is -2.51. The van der Waals surface area contributed by atoms with Gasteiger partial charge in [0.2, 0.25) is 0 Å². The quantitative estimate of drug-likeness (QED) is 0.633. The Labute approximate surface area is 151 Å². The first-order valence-electron chi connectivity index (χ1n) is 8.40. The van der Waals surface area contributed by atoms with Crippen LogP contribution in [-0.4, -0.2) is 46.5 Å². The number of hydrogen-bond donors (Lipinski definition) is 1. The first-order chi connectivity index (χ1) is 12.5. The van der Waals surface area contributed by atoms with Crippen LogP contribution in [0.1, 0.15) is 33.2 Å². The van der Waals surface area contributed by atoms with E-state index in [1.807, 2.05) is 30.3 Å². The molecule has 0 aromatic heterocycles. The lowest BCUT2D eigenvalue weighted by atomic mass is 9.99. The highest BCUT2D eigenvalue weighted by molar-refractivity contribution is 6.21. The molecule has 0 aliphatic carbocycles. The molecule has 0 spiro atoms. The SMILES string of the molecule is CCOC(=O)[C@@H](O)[C@H](Cc1ccccc1)N1C(=O)c2ccccc2C1=O. The van der Waals surface area contributed by atoms with E-state index in [1.165, 1.54) is 0 Å². The molecule has 0 unspecified atom stereocenters. The molecule has 1 aliphatic rings. The average molecular weight is 353 g/mol. The van der Waals surface area contributed by atoms with E-state index in [4.69, 9.17) is 4.74 Å². The van der Waals surface area contributed by atoms with Crippen LogP contribution in [0.25, 0.3) is 0 Å². The zero-order valence-corrected chi connectivity index (χ0v) is 14.3. The molecule has 2 aromatic carbocycles. The van der Waals surface area contributed by atoms with Crippen molar-refractivity contribution in [1.82, 2.24) is 4.90 Å². The van der Waals surface area contributed by atoms with Gasteiger partial charge in [0, 0.05) is 0 Å². The maximum absolute atomic E-state index is 12.8. The number of fused-ring (bicyclic) bond motifs is 1. The summed E-state index contributed by atoms with van der Waals surface area (Å²) < 4.78 is 4.89. The van der Waals surface area contributed by atoms with Gasteiger partial charge < -0.3 is 9.84 Å². The first kappa shape index (κ1) is 17.8. The number of nitrogens with zero attached hydrogens (tertiary/aromatic N) is 1. The number of ether oxygens (including phenoxy) is 1. The second kappa shape index (κ2) is 7.49. The fourth-order valence-corrected chi connectivity index (χ4v) is 3.09. The molecular weight excluding hydrogens is 334 g/mol. The van der Waals surface area contributed by atoms with Gasteiger partial charge in [-0.05, 0) is 31.0 Å². The fourth-order valence-electron chi connectivity index (χ4n) is 3.09. The number of aliphatic hydroxyl groups excluding tert-OH is 1. The number of carbonyl (C=O) groups excluding carboxylic acids is 3. The van der Waals surface area contributed by atoms with Gasteiger partial charge in [0.05, 0.1) is 23.8 Å². The highest BCUT2D eigenvalue weighted by Gasteiger charge is 2.44. The van der Waals surface area contributed by atoms with Gasteiger partial charge in [0.15, 0.2) is 6.10 Å². The Morgan fingerprint density at radius 2 is 1.54 bits per heavy atom. The number of amides is 2. The van der Waals surface area contributed by atoms with Gasteiger partial charge in [-0.1, -0.05) is 42.5 Å². The third-order valence-electron chi connectivity index (χ3n) is 4.34. The Hall–Kier alpha value is -2.99. The number of aliphatic hydroxyl groups is 1. The maximum atomic E-state index is 12.8. The van der Waals surface area contributed by atoms with Crippen LogP contribution in [0.4, 0.5) is 0 Å². The molecule has 2 atom stereocenters. The van der Waals surface area contributed by atoms with E-state index in [0.717, 1.165) is 10.5 Å². The number of imide groups is 1. The molecule has 0 fully saturated rings. The van der Waals surface area contributed by atoms with Crippen molar-refractivity contribution in [2.45, 2.75) is 25.5 Å². The maximum Gasteiger partial charge on any atom is 0.337 e. The summed E-state index contributed by atoms with van der Waals surface area (Å²) >= 11 is 0. The zero-order chi connectivity index (χ0) is 18.7. The van der Waals surface area contributed by atoms with E-state index in [1.54, 1.807) is 31.2 Å². The molecule has 0 saturated carbocycles. The van der Waals surface area contributed by atoms with Crippen LogP contribution >= 0.6 is 0 Å². The van der Waals surface area contributed by atoms with Gasteiger partial charge in [0.25, 0.3) is 11.8 Å². The molecule has 1 aliphatic heterocycles. The highest BCUT2D eigenvalue weighted by Crippen LogP contribution is 2.27. The molecule has 3 rings (SSSR count). The zero-order valence-electron chi connectivity index (χ0n) is 14.3. The van der Waals surface area contributed by atoms with Crippen molar-refractivity contribution in [3.8, 4) is 0 Å². The molecule has 6 nitrogen and oxygen atoms in total. The number of rotatable bonds is 6. The Morgan fingerprint density at radius 3 is 2.08 bits per heavy atom. The largest absolute Gasteiger partial charge is 0.464 e. The Bertz CT molecular complexity index is 798. The Morgan fingerprint density at radius 1 is 1.00 bits per heavy atom. The smallest absolute Gasteiger partial charge is 0.337 e. The summed E-state index contributed by atoms with van der Waals surface area (Å²) in [7, 11) is 0. The Balaban J connectivity index is 1.97. The highest BCUT2D eigenvalue weighted by atomic mass is 16.5. The van der Waals surface area contributed by atoms with Gasteiger partial charge in [-0.15, -0.1) is 0 Å². The van der Waals surface area contributed by atoms with E-state index >= 15 is 0 Å². The van der Waals surface area contributed by atoms with Crippen LogP contribution in [0.2, 0.25) is 0 Å². The van der Waals surface area contributed by atoms with Crippen LogP contribution < -0.4 is 0 Å². The van der Waals surface area contributed by atoms with Gasteiger partial charge in [-0.2, -0.15) is 0 Å². The summed E-state index contributed by atoms with van der Waals surface area (Å²) in [5.41, 5.74) is 1.33. The molecule has 2 aromatic rings. The molecule has 6 heteroatoms. The van der Waals surface area contributed by atoms with E-state index in [0.29, 0.717) is 0 Å². The predicted octanol–water partition coefficient (Wildman–Crippen LogP) is 1.82. The van der Waals surface area contributed by atoms with Crippen molar-refractivity contribution >= 4 is 17.8 Å². The van der Waals surface area contributed by atoms with Gasteiger partial charge in [-0.25, -0.2) is 4.79 Å². The minimum Gasteiger partial charge on any atom is -0.464 e. The van der Waals surface area contributed by atoms with Crippen molar-refractivity contribution in [2.75, 3.05) is 6.61 Å². The molecule has 2 amide bonds. The van der Waals surface area contributed by atoms with Gasteiger partial charge in [0.1, 0.15) is 0 Å². The second-order valence-corrected chi connectivity index (χ2v) is 5.98. The summed E-state index contributed by atoms with van der Waals surface area (Å²) in [6.07, 6.45) is -1.48. The third kappa shape index (κ3) is 3.23. The van der Waals surface area contributed by atoms with Crippen molar-refractivity contribution in [3.63, 3.8) is 0 Å². The summed E-state index contributed by atoms with van der Waals surface area (Å²) in [5.74, 6) is -1.89. The molecule has 0 saturated heterocycles. The molecule has 0 bridgehead atoms. The summed E-state index contributed by atoms with van der Waals surface area (Å²) in [4.78, 5) is 38.6. The molecular formula is C20H19NO5. The number of hydrogen-bond acceptors (Lipinski definition) is 5. The van der Waals surface area contributed by atoms with Crippen LogP contribution in [0.5, 0.6) is 0 Å². The topological polar surface area (TPSA) is 83.9 Å². The fraction of sp³-hybridized carbons (Fsp3) is 0.250. The number of esters is 1. The van der Waals surface area contributed by atoms with Crippen LogP contribution in [0.15, 0.2) is 54.6 Å². The van der Waals surface area contributed by atoms with Crippen LogP contribution in [-0.2, 0) is 16.0 Å². The van der Waals surface area contributed by atoms with Crippen molar-refractivity contribution in [1.29, 1.82) is 0 Å². The van der Waals surface area contributed by atoms with Gasteiger partial charge >= 0.3 is 5.97 Å². The lowest BCUT2D eigenvalue weighted by Gasteiger charge is -2.29. The van der Waals surface area contributed by atoms with Crippen molar-refractivity contribution in [2.24, 2.45) is 0 Å². The molecule has 1 N–H and O–H groups in total. The first-order valence-corrected chi connectivity index (χ1v) is 8.40. The Kier molecular flexibility index (Phi) is 5.14. The third-order valence-corrected chi connectivity index (χ3v) is 4.34. The van der Waals surface area contributed by atoms with E-state index < -0.39 is 29.9 Å². The van der Waals surface area contributed by atoms with E-state index in [2.05, 4.69) is 0 Å². The summed E-state index contributed by atoms with van der Waals surface area (Å²) in [6, 6.07) is 14.5. The van der Waals surface area contributed by atoms with E-state index in [9.17, 15) is 19.5 Å². The molecule has 0 radical (unpaired) electrons. The molecule has 26 heavy (non-hydrogen) atoms. The van der Waals surface area contributed by atoms with Crippen molar-refractivity contribution in [3.05, 3.63) is 71.3 Å². The van der Waals surface area contributed by atoms with Crippen LogP contribution in [0.3, 0.4) is 0 Å². The minimum atomic E-state index is -1.63. The lowest BCUT2D eigenvalue weighted by molar-refractivity contribution is -0.155. The monoisotopic (exact) mass is 353 g/mol. The van der Waals surface area contributed by atoms with Crippen LogP contribution in [0, 0.1) is 0 Å². The normalized spacial score (nSPS) is 15.5. The predicted molar refractivity (Wildman–Crippen MR) is 93.5 cm³/mol. The van der Waals surface area contributed by atoms with Crippen molar-refractivity contribution < 1.29 is 24.2 Å². The standard InChI is InChI=1S/C20H19NO5/c1-2-26-20(25)17(22)16(12-13-8-4-3-5-9-13)21-18(23)14-10-6-7-11-15(14)19(21)24/h3-11,16-17,22H,2,12H2,1H3/t16-,17-/m0/s1. The van der Waals surface area contributed by atoms with E-state index in [-0.39, 0.29) is 24.2 Å². The molecule has 134 valence electrons.